The third-order valence-corrected chi connectivity index (χ3v) is 14.3. The Labute approximate surface area is 448 Å². The molecule has 10 rings (SSSR count). The van der Waals surface area contributed by atoms with Gasteiger partial charge in [0.05, 0.1) is 44.1 Å². The summed E-state index contributed by atoms with van der Waals surface area (Å²) < 4.78 is 1.50. The van der Waals surface area contributed by atoms with Crippen LogP contribution in [0.5, 0.6) is 0 Å². The first kappa shape index (κ1) is 50.2. The quantitative estimate of drug-likeness (QED) is 0.0527. The highest BCUT2D eigenvalue weighted by molar-refractivity contribution is 9.11. The largest absolute Gasteiger partial charge is 0.371 e. The number of halogens is 2. The second-order valence-corrected chi connectivity index (χ2v) is 20.0. The van der Waals surface area contributed by atoms with Gasteiger partial charge in [0, 0.05) is 121 Å². The number of rotatable bonds is 15. The molecule has 2 saturated heterocycles. The van der Waals surface area contributed by atoms with Crippen LogP contribution in [0.2, 0.25) is 0 Å². The Morgan fingerprint density at radius 3 is 1.80 bits per heavy atom. The summed E-state index contributed by atoms with van der Waals surface area (Å²) in [5.41, 5.74) is 7.68. The molecule has 0 unspecified atom stereocenters. The van der Waals surface area contributed by atoms with Crippen molar-refractivity contribution in [3.8, 4) is 22.5 Å². The average molecular weight is 1130 g/mol. The molecule has 6 N–H and O–H groups in total. The molecule has 0 saturated carbocycles. The number of nitrogens with zero attached hydrogens (tertiary/aromatic N) is 9. The molecule has 0 radical (unpaired) electrons. The van der Waals surface area contributed by atoms with Crippen molar-refractivity contribution in [1.82, 2.24) is 49.7 Å². The molecule has 2 aromatic carbocycles. The lowest BCUT2D eigenvalue weighted by Gasteiger charge is -2.33. The fourth-order valence-corrected chi connectivity index (χ4v) is 10.1. The molecule has 75 heavy (non-hydrogen) atoms. The maximum atomic E-state index is 13.6. The Kier molecular flexibility index (Phi) is 15.0. The van der Waals surface area contributed by atoms with Crippen LogP contribution in [0.25, 0.3) is 44.3 Å². The lowest BCUT2D eigenvalue weighted by molar-refractivity contribution is -0.112. The minimum Gasteiger partial charge on any atom is -0.371 e. The number of hydrogen-bond donors (Lipinski definition) is 6. The summed E-state index contributed by atoms with van der Waals surface area (Å²) in [6.07, 6.45) is 18.0. The van der Waals surface area contributed by atoms with Gasteiger partial charge in [-0.2, -0.15) is 0 Å². The lowest BCUT2D eigenvalue weighted by atomic mass is 10.1. The minimum atomic E-state index is -0.356. The van der Waals surface area contributed by atoms with Crippen LogP contribution in [-0.2, 0) is 9.59 Å². The zero-order valence-corrected chi connectivity index (χ0v) is 43.9. The topological polar surface area (TPSA) is 235 Å². The number of aromatic amines is 2. The van der Waals surface area contributed by atoms with Gasteiger partial charge in [0.15, 0.2) is 0 Å². The number of fused-ring (bicyclic) bond motifs is 2. The number of amides is 4. The zero-order valence-electron chi connectivity index (χ0n) is 40.7. The molecule has 2 fully saturated rings. The molecule has 2 aliphatic rings. The van der Waals surface area contributed by atoms with Gasteiger partial charge in [0.2, 0.25) is 23.7 Å². The van der Waals surface area contributed by atoms with E-state index in [1.165, 1.54) is 24.5 Å². The number of likely N-dealkylation sites (tertiary alicyclic amines) is 2. The maximum absolute atomic E-state index is 13.6. The van der Waals surface area contributed by atoms with Crippen molar-refractivity contribution in [1.29, 1.82) is 0 Å². The van der Waals surface area contributed by atoms with Crippen LogP contribution in [0.3, 0.4) is 0 Å². The van der Waals surface area contributed by atoms with E-state index in [1.807, 2.05) is 54.7 Å². The molecule has 380 valence electrons. The number of pyridine rings is 2. The molecule has 19 nitrogen and oxygen atoms in total. The van der Waals surface area contributed by atoms with E-state index in [-0.39, 0.29) is 47.1 Å². The van der Waals surface area contributed by atoms with E-state index >= 15 is 0 Å². The van der Waals surface area contributed by atoms with Gasteiger partial charge in [-0.1, -0.05) is 30.9 Å². The van der Waals surface area contributed by atoms with Crippen molar-refractivity contribution in [3.05, 3.63) is 149 Å². The molecule has 0 spiro atoms. The van der Waals surface area contributed by atoms with Crippen LogP contribution >= 0.6 is 31.9 Å². The number of carbonyl (C=O) groups is 4. The standard InChI is InChI=1S/C54H51Br2N15O4/c1-3-47(72)63-32-14-17-45(57-24-32)51(74)70-21-7-10-35(31-70)66-54-62-29-42(56)50(68-54)40-27-60-44-19-16-36(23-38(40)44)69(2)20-8-13-48(73)64-33-15-18-46(58-25-33)52(75)71-22-6-9-34(30-71)65-53-61-28-41(55)49(67-53)39-26-59-43-12-5-4-11-37(39)43/h3-5,8,11-19,23-29,34-35,59-60H,1,6-7,9-10,20-22,30-31H2,2H3,(H,63,72)(H,64,73)(H,61,65,67)(H,62,66,68)/b13-8+/t34-,35-/m1/s1. The Morgan fingerprint density at radius 2 is 1.24 bits per heavy atom. The molecule has 21 heteroatoms. The van der Waals surface area contributed by atoms with Gasteiger partial charge in [-0.05, 0) is 112 Å². The molecular formula is C54H51Br2N15O4. The number of para-hydroxylation sites is 1. The van der Waals surface area contributed by atoms with Crippen molar-refractivity contribution in [2.45, 2.75) is 37.8 Å². The van der Waals surface area contributed by atoms with Crippen LogP contribution in [0.15, 0.2) is 138 Å². The minimum absolute atomic E-state index is 0.0541. The van der Waals surface area contributed by atoms with Crippen molar-refractivity contribution in [3.63, 3.8) is 0 Å². The van der Waals surface area contributed by atoms with Gasteiger partial charge in [-0.3, -0.25) is 19.2 Å². The summed E-state index contributed by atoms with van der Waals surface area (Å²) in [6, 6.07) is 20.6. The van der Waals surface area contributed by atoms with Gasteiger partial charge in [-0.15, -0.1) is 0 Å². The first-order chi connectivity index (χ1) is 36.5. The summed E-state index contributed by atoms with van der Waals surface area (Å²) in [5.74, 6) is -0.151. The molecule has 2 aliphatic heterocycles. The van der Waals surface area contributed by atoms with E-state index in [0.717, 1.165) is 74.5 Å². The predicted molar refractivity (Wildman–Crippen MR) is 297 cm³/mol. The third-order valence-electron chi connectivity index (χ3n) is 13.1. The summed E-state index contributed by atoms with van der Waals surface area (Å²) in [4.78, 5) is 91.5. The SMILES string of the molecule is C=CC(=O)Nc1ccc(C(=O)N2CCC[C@@H](Nc3ncc(Br)c(-c4c[nH]c5ccc(N(C)C/C=C/C(=O)Nc6ccc(C(=O)N7CCC[C@@H](Nc8ncc(Br)c(-c9c[nH]c%10ccccc9%10)n8)C7)nc6)cc45)n3)C2)nc1. The Balaban J connectivity index is 0.715. The Hall–Kier alpha value is -8.30. The average Bonchev–Trinajstić information content (AvgIpc) is 4.07. The summed E-state index contributed by atoms with van der Waals surface area (Å²) >= 11 is 7.29. The highest BCUT2D eigenvalue weighted by atomic mass is 79.9. The Morgan fingerprint density at radius 1 is 0.693 bits per heavy atom. The Bertz CT molecular complexity index is 3470. The maximum Gasteiger partial charge on any atom is 0.272 e. The number of H-pyrrole nitrogens is 2. The number of hydrogen-bond acceptors (Lipinski definition) is 13. The molecule has 4 amide bonds. The van der Waals surface area contributed by atoms with E-state index in [2.05, 4.69) is 102 Å². The van der Waals surface area contributed by atoms with Gasteiger partial charge in [0.25, 0.3) is 11.8 Å². The number of anilines is 5. The number of aromatic nitrogens is 8. The highest BCUT2D eigenvalue weighted by Crippen LogP contribution is 2.36. The number of carbonyl (C=O) groups excluding carboxylic acids is 4. The van der Waals surface area contributed by atoms with Gasteiger partial charge in [0.1, 0.15) is 11.4 Å². The van der Waals surface area contributed by atoms with Crippen molar-refractivity contribution < 1.29 is 19.2 Å². The first-order valence-electron chi connectivity index (χ1n) is 24.3. The van der Waals surface area contributed by atoms with Crippen molar-refractivity contribution >= 4 is 106 Å². The van der Waals surface area contributed by atoms with Crippen LogP contribution in [0.1, 0.15) is 46.7 Å². The fraction of sp³-hybridized carbons (Fsp3) is 0.222. The lowest BCUT2D eigenvalue weighted by Crippen LogP contribution is -2.45. The predicted octanol–water partition coefficient (Wildman–Crippen LogP) is 9.07. The molecule has 0 bridgehead atoms. The zero-order chi connectivity index (χ0) is 52.0. The van der Waals surface area contributed by atoms with Crippen molar-refractivity contribution in [2.75, 3.05) is 65.9 Å². The molecular weight excluding hydrogens is 1080 g/mol. The van der Waals surface area contributed by atoms with Gasteiger partial charge in [-0.25, -0.2) is 29.9 Å². The van der Waals surface area contributed by atoms with E-state index in [0.29, 0.717) is 66.2 Å². The van der Waals surface area contributed by atoms with Gasteiger partial charge >= 0.3 is 0 Å². The summed E-state index contributed by atoms with van der Waals surface area (Å²) in [5, 5.41) is 14.4. The number of piperidine rings is 2. The van der Waals surface area contributed by atoms with Gasteiger partial charge < -0.3 is 45.9 Å². The van der Waals surface area contributed by atoms with E-state index < -0.39 is 0 Å². The van der Waals surface area contributed by atoms with E-state index in [9.17, 15) is 19.2 Å². The van der Waals surface area contributed by atoms with Crippen LogP contribution in [0, 0.1) is 0 Å². The van der Waals surface area contributed by atoms with E-state index in [1.54, 1.807) is 52.5 Å². The highest BCUT2D eigenvalue weighted by Gasteiger charge is 2.28. The number of nitrogens with one attached hydrogen (secondary N) is 6. The molecule has 8 heterocycles. The molecule has 6 aromatic heterocycles. The fourth-order valence-electron chi connectivity index (χ4n) is 9.30. The molecule has 2 atom stereocenters. The third kappa shape index (κ3) is 11.6. The summed E-state index contributed by atoms with van der Waals surface area (Å²) in [7, 11) is 1.95. The van der Waals surface area contributed by atoms with Crippen LogP contribution in [0.4, 0.5) is 29.0 Å². The van der Waals surface area contributed by atoms with Crippen LogP contribution in [-0.4, -0.2) is 125 Å². The van der Waals surface area contributed by atoms with Crippen molar-refractivity contribution in [2.24, 2.45) is 0 Å². The second kappa shape index (κ2) is 22.4. The number of benzene rings is 2. The van der Waals surface area contributed by atoms with E-state index in [4.69, 9.17) is 9.97 Å². The summed E-state index contributed by atoms with van der Waals surface area (Å²) in [6.45, 7) is 5.99. The van der Waals surface area contributed by atoms with Crippen LogP contribution < -0.4 is 26.2 Å². The normalized spacial score (nSPS) is 15.7. The molecule has 8 aromatic rings. The number of likely N-dealkylation sites (N-methyl/N-ethyl adjacent to an activating group) is 1. The first-order valence-corrected chi connectivity index (χ1v) is 25.9. The smallest absolute Gasteiger partial charge is 0.272 e. The molecule has 0 aliphatic carbocycles. The monoisotopic (exact) mass is 1130 g/mol. The second-order valence-electron chi connectivity index (χ2n) is 18.3.